The molecule has 1 aliphatic heterocycles. The fraction of sp³-hybridized carbons (Fsp3) is 0.429. The molecule has 1 fully saturated rings. The molecule has 1 atom stereocenters. The number of aryl methyl sites for hydroxylation is 1. The van der Waals surface area contributed by atoms with Crippen molar-refractivity contribution in [1.82, 2.24) is 24.9 Å². The summed E-state index contributed by atoms with van der Waals surface area (Å²) in [5.74, 6) is 1.30. The molecule has 1 saturated heterocycles. The lowest BCUT2D eigenvalue weighted by Gasteiger charge is -2.27. The normalized spacial score (nSPS) is 17.3. The van der Waals surface area contributed by atoms with Crippen molar-refractivity contribution in [2.75, 3.05) is 19.6 Å². The molecule has 1 amide bonds. The lowest BCUT2D eigenvalue weighted by Crippen LogP contribution is -2.42. The van der Waals surface area contributed by atoms with Crippen molar-refractivity contribution in [3.05, 3.63) is 53.8 Å². The maximum absolute atomic E-state index is 12.2. The van der Waals surface area contributed by atoms with Gasteiger partial charge in [-0.2, -0.15) is 4.98 Å². The van der Waals surface area contributed by atoms with Crippen molar-refractivity contribution < 1.29 is 9.32 Å². The average molecular weight is 379 g/mol. The standard InChI is InChI=1S/C21H25N5O2/c1-15-22-21(24-28-15)10-12-26(16(2)27)19-9-11-25(14-19)13-18-8-7-17-5-3-4-6-20(17)23-18/h3-8,19H,9-14H2,1-2H3. The van der Waals surface area contributed by atoms with Crippen LogP contribution in [0.3, 0.4) is 0 Å². The van der Waals surface area contributed by atoms with Crippen molar-refractivity contribution in [2.45, 2.75) is 39.3 Å². The van der Waals surface area contributed by atoms with Gasteiger partial charge < -0.3 is 9.42 Å². The Bertz CT molecular complexity index is 970. The third kappa shape index (κ3) is 4.20. The van der Waals surface area contributed by atoms with Gasteiger partial charge in [-0.15, -0.1) is 0 Å². The van der Waals surface area contributed by atoms with Gasteiger partial charge in [-0.05, 0) is 18.6 Å². The second-order valence-electron chi connectivity index (χ2n) is 7.36. The molecule has 0 saturated carbocycles. The molecule has 7 heteroatoms. The molecule has 0 spiro atoms. The van der Waals surface area contributed by atoms with Crippen LogP contribution in [0.2, 0.25) is 0 Å². The van der Waals surface area contributed by atoms with Gasteiger partial charge in [-0.25, -0.2) is 0 Å². The van der Waals surface area contributed by atoms with E-state index in [1.807, 2.05) is 23.1 Å². The molecule has 2 aromatic heterocycles. The molecule has 3 aromatic rings. The van der Waals surface area contributed by atoms with E-state index < -0.39 is 0 Å². The Labute approximate surface area is 164 Å². The van der Waals surface area contributed by atoms with Crippen LogP contribution in [0.1, 0.15) is 30.8 Å². The minimum atomic E-state index is 0.0934. The number of carbonyl (C=O) groups excluding carboxylic acids is 1. The number of carbonyl (C=O) groups is 1. The number of amides is 1. The lowest BCUT2D eigenvalue weighted by molar-refractivity contribution is -0.130. The first-order valence-electron chi connectivity index (χ1n) is 9.72. The van der Waals surface area contributed by atoms with E-state index in [4.69, 9.17) is 9.51 Å². The van der Waals surface area contributed by atoms with Crippen LogP contribution in [0.25, 0.3) is 10.9 Å². The molecule has 0 radical (unpaired) electrons. The minimum absolute atomic E-state index is 0.0934. The zero-order chi connectivity index (χ0) is 19.5. The molecular formula is C21H25N5O2. The van der Waals surface area contributed by atoms with E-state index >= 15 is 0 Å². The summed E-state index contributed by atoms with van der Waals surface area (Å²) in [7, 11) is 0. The Morgan fingerprint density at radius 1 is 1.25 bits per heavy atom. The van der Waals surface area contributed by atoms with Crippen LogP contribution in [0.5, 0.6) is 0 Å². The summed E-state index contributed by atoms with van der Waals surface area (Å²) in [5, 5.41) is 5.08. The predicted octanol–water partition coefficient (Wildman–Crippen LogP) is 2.59. The van der Waals surface area contributed by atoms with Crippen LogP contribution in [-0.2, 0) is 17.8 Å². The molecule has 3 heterocycles. The molecule has 146 valence electrons. The third-order valence-electron chi connectivity index (χ3n) is 5.28. The van der Waals surface area contributed by atoms with E-state index in [2.05, 4.69) is 33.2 Å². The monoisotopic (exact) mass is 379 g/mol. The molecule has 1 aromatic carbocycles. The Balaban J connectivity index is 1.37. The first-order chi connectivity index (χ1) is 13.6. The van der Waals surface area contributed by atoms with Gasteiger partial charge in [0, 0.05) is 57.9 Å². The van der Waals surface area contributed by atoms with Gasteiger partial charge in [-0.3, -0.25) is 14.7 Å². The second kappa shape index (κ2) is 8.06. The first-order valence-corrected chi connectivity index (χ1v) is 9.72. The molecule has 1 aliphatic rings. The number of pyridine rings is 1. The summed E-state index contributed by atoms with van der Waals surface area (Å²) in [4.78, 5) is 25.5. The number of hydrogen-bond donors (Lipinski definition) is 0. The predicted molar refractivity (Wildman–Crippen MR) is 106 cm³/mol. The van der Waals surface area contributed by atoms with Gasteiger partial charge in [-0.1, -0.05) is 29.4 Å². The van der Waals surface area contributed by atoms with E-state index in [0.29, 0.717) is 24.7 Å². The summed E-state index contributed by atoms with van der Waals surface area (Å²) in [6.45, 7) is 6.64. The highest BCUT2D eigenvalue weighted by atomic mass is 16.5. The Kier molecular flexibility index (Phi) is 5.34. The molecule has 0 N–H and O–H groups in total. The number of rotatable bonds is 6. The van der Waals surface area contributed by atoms with Crippen molar-refractivity contribution in [3.63, 3.8) is 0 Å². The van der Waals surface area contributed by atoms with Crippen molar-refractivity contribution >= 4 is 16.8 Å². The summed E-state index contributed by atoms with van der Waals surface area (Å²) in [6.07, 6.45) is 1.58. The fourth-order valence-corrected chi connectivity index (χ4v) is 3.90. The van der Waals surface area contributed by atoms with Gasteiger partial charge in [0.1, 0.15) is 0 Å². The maximum Gasteiger partial charge on any atom is 0.223 e. The van der Waals surface area contributed by atoms with Crippen LogP contribution in [0.15, 0.2) is 40.9 Å². The van der Waals surface area contributed by atoms with Gasteiger partial charge in [0.2, 0.25) is 11.8 Å². The second-order valence-corrected chi connectivity index (χ2v) is 7.36. The minimum Gasteiger partial charge on any atom is -0.340 e. The van der Waals surface area contributed by atoms with Gasteiger partial charge in [0.05, 0.1) is 11.2 Å². The highest BCUT2D eigenvalue weighted by Crippen LogP contribution is 2.20. The van der Waals surface area contributed by atoms with Crippen molar-refractivity contribution in [1.29, 1.82) is 0 Å². The SMILES string of the molecule is CC(=O)N(CCc1noc(C)n1)C1CCN(Cc2ccc3ccccc3n2)C1. The number of hydrogen-bond acceptors (Lipinski definition) is 6. The van der Waals surface area contributed by atoms with E-state index in [-0.39, 0.29) is 11.9 Å². The quantitative estimate of drug-likeness (QED) is 0.655. The summed E-state index contributed by atoms with van der Waals surface area (Å²) < 4.78 is 5.02. The van der Waals surface area contributed by atoms with Crippen molar-refractivity contribution in [2.24, 2.45) is 0 Å². The smallest absolute Gasteiger partial charge is 0.223 e. The molecule has 0 aliphatic carbocycles. The average Bonchev–Trinajstić information content (AvgIpc) is 3.31. The maximum atomic E-state index is 12.2. The number of aromatic nitrogens is 3. The van der Waals surface area contributed by atoms with Crippen LogP contribution in [0.4, 0.5) is 0 Å². The Morgan fingerprint density at radius 2 is 2.11 bits per heavy atom. The van der Waals surface area contributed by atoms with E-state index in [0.717, 1.165) is 42.7 Å². The number of nitrogens with zero attached hydrogens (tertiary/aromatic N) is 5. The largest absolute Gasteiger partial charge is 0.340 e. The van der Waals surface area contributed by atoms with Gasteiger partial charge in [0.15, 0.2) is 5.82 Å². The lowest BCUT2D eigenvalue weighted by atomic mass is 10.2. The number of para-hydroxylation sites is 1. The van der Waals surface area contributed by atoms with Crippen molar-refractivity contribution in [3.8, 4) is 0 Å². The molecular weight excluding hydrogens is 354 g/mol. The highest BCUT2D eigenvalue weighted by molar-refractivity contribution is 5.78. The fourth-order valence-electron chi connectivity index (χ4n) is 3.90. The summed E-state index contributed by atoms with van der Waals surface area (Å²) in [5.41, 5.74) is 2.09. The van der Waals surface area contributed by atoms with Gasteiger partial charge in [0.25, 0.3) is 0 Å². The number of benzene rings is 1. The Hall–Kier alpha value is -2.80. The van der Waals surface area contributed by atoms with Crippen LogP contribution in [-0.4, -0.2) is 56.5 Å². The molecule has 0 bridgehead atoms. The Morgan fingerprint density at radius 3 is 2.89 bits per heavy atom. The molecule has 4 rings (SSSR count). The van der Waals surface area contributed by atoms with Crippen LogP contribution >= 0.6 is 0 Å². The number of likely N-dealkylation sites (tertiary alicyclic amines) is 1. The van der Waals surface area contributed by atoms with Gasteiger partial charge >= 0.3 is 0 Å². The van der Waals surface area contributed by atoms with E-state index in [1.165, 1.54) is 0 Å². The third-order valence-corrected chi connectivity index (χ3v) is 5.28. The van der Waals surface area contributed by atoms with Crippen LogP contribution < -0.4 is 0 Å². The number of fused-ring (bicyclic) bond motifs is 1. The topological polar surface area (TPSA) is 75.4 Å². The summed E-state index contributed by atoms with van der Waals surface area (Å²) >= 11 is 0. The molecule has 7 nitrogen and oxygen atoms in total. The zero-order valence-corrected chi connectivity index (χ0v) is 16.3. The molecule has 1 unspecified atom stereocenters. The van der Waals surface area contributed by atoms with Crippen LogP contribution in [0, 0.1) is 6.92 Å². The summed E-state index contributed by atoms with van der Waals surface area (Å²) in [6, 6.07) is 12.6. The highest BCUT2D eigenvalue weighted by Gasteiger charge is 2.29. The first kappa shape index (κ1) is 18.6. The molecule has 28 heavy (non-hydrogen) atoms. The zero-order valence-electron chi connectivity index (χ0n) is 16.3. The van der Waals surface area contributed by atoms with E-state index in [9.17, 15) is 4.79 Å². The van der Waals surface area contributed by atoms with E-state index in [1.54, 1.807) is 13.8 Å².